The SMILES string of the molecule is NC(=O)c1c(I)c(NC(=O)CCC(O)CO)c(I)c(C(=O)N(CC(O)CO)CC(O)CO)c1I. The second-order valence-corrected chi connectivity index (χ2v) is 10.5. The van der Waals surface area contributed by atoms with Gasteiger partial charge in [0.15, 0.2) is 0 Å². The first kappa shape index (κ1) is 31.6. The minimum Gasteiger partial charge on any atom is -0.394 e. The zero-order valence-corrected chi connectivity index (χ0v) is 24.2. The first-order valence-corrected chi connectivity index (χ1v) is 13.1. The third-order valence-corrected chi connectivity index (χ3v) is 7.76. The minimum atomic E-state index is -1.33. The van der Waals surface area contributed by atoms with Gasteiger partial charge >= 0.3 is 0 Å². The molecule has 34 heavy (non-hydrogen) atoms. The van der Waals surface area contributed by atoms with Crippen LogP contribution >= 0.6 is 67.8 Å². The van der Waals surface area contributed by atoms with E-state index in [0.717, 1.165) is 4.90 Å². The third kappa shape index (κ3) is 8.61. The quantitative estimate of drug-likeness (QED) is 0.112. The number of carbonyl (C=O) groups excluding carboxylic acids is 3. The Labute approximate surface area is 236 Å². The molecule has 0 aliphatic heterocycles. The number of amides is 3. The average Bonchev–Trinajstić information content (AvgIpc) is 2.78. The highest BCUT2D eigenvalue weighted by Gasteiger charge is 2.31. The van der Waals surface area contributed by atoms with E-state index < -0.39 is 55.9 Å². The standard InChI is InChI=1S/C19H26I3N3O9/c20-14-12(18(23)33)15(21)17(24-11(32)2-1-8(29)5-26)16(22)13(14)19(34)25(3-9(30)6-27)4-10(31)7-28/h8-10,26-31H,1-7H2,(H2,23,33)(H,24,32). The molecule has 9 N–H and O–H groups in total. The van der Waals surface area contributed by atoms with E-state index in [1.165, 1.54) is 0 Å². The number of benzene rings is 1. The van der Waals surface area contributed by atoms with E-state index in [4.69, 9.17) is 10.8 Å². The lowest BCUT2D eigenvalue weighted by Crippen LogP contribution is -2.44. The van der Waals surface area contributed by atoms with E-state index in [0.29, 0.717) is 0 Å². The molecule has 15 heteroatoms. The highest BCUT2D eigenvalue weighted by atomic mass is 127. The summed E-state index contributed by atoms with van der Waals surface area (Å²) in [6.07, 6.45) is -3.90. The second kappa shape index (κ2) is 15.0. The Morgan fingerprint density at radius 3 is 1.74 bits per heavy atom. The predicted octanol–water partition coefficient (Wildman–Crippen LogP) is -1.18. The average molecular weight is 821 g/mol. The van der Waals surface area contributed by atoms with Gasteiger partial charge in [-0.15, -0.1) is 0 Å². The van der Waals surface area contributed by atoms with Crippen LogP contribution in [0.2, 0.25) is 0 Å². The van der Waals surface area contributed by atoms with Crippen molar-refractivity contribution in [2.75, 3.05) is 38.2 Å². The maximum Gasteiger partial charge on any atom is 0.256 e. The molecule has 0 saturated carbocycles. The van der Waals surface area contributed by atoms with Crippen LogP contribution < -0.4 is 11.1 Å². The molecule has 0 aliphatic rings. The number of halogens is 3. The monoisotopic (exact) mass is 821 g/mol. The fraction of sp³-hybridized carbons (Fsp3) is 0.526. The van der Waals surface area contributed by atoms with Crippen LogP contribution in [0.5, 0.6) is 0 Å². The summed E-state index contributed by atoms with van der Waals surface area (Å²) in [4.78, 5) is 39.1. The van der Waals surface area contributed by atoms with Crippen molar-refractivity contribution in [1.29, 1.82) is 0 Å². The smallest absolute Gasteiger partial charge is 0.256 e. The van der Waals surface area contributed by atoms with Crippen LogP contribution in [0.25, 0.3) is 0 Å². The molecule has 0 spiro atoms. The molecule has 0 bridgehead atoms. The number of anilines is 1. The van der Waals surface area contributed by atoms with Gasteiger partial charge in [-0.25, -0.2) is 0 Å². The van der Waals surface area contributed by atoms with Crippen LogP contribution in [-0.4, -0.2) is 104 Å². The molecule has 1 rings (SSSR count). The number of hydrogen-bond donors (Lipinski definition) is 8. The van der Waals surface area contributed by atoms with Gasteiger partial charge in [-0.1, -0.05) is 0 Å². The number of nitrogens with zero attached hydrogens (tertiary/aromatic N) is 1. The van der Waals surface area contributed by atoms with E-state index in [2.05, 4.69) is 5.32 Å². The Hall–Kier alpha value is -0.420. The predicted molar refractivity (Wildman–Crippen MR) is 146 cm³/mol. The summed E-state index contributed by atoms with van der Waals surface area (Å²) in [5.74, 6) is -2.14. The second-order valence-electron chi connectivity index (χ2n) is 7.24. The molecule has 1 aromatic carbocycles. The van der Waals surface area contributed by atoms with Crippen molar-refractivity contribution in [3.05, 3.63) is 21.8 Å². The zero-order chi connectivity index (χ0) is 26.2. The fourth-order valence-electron chi connectivity index (χ4n) is 2.79. The summed E-state index contributed by atoms with van der Waals surface area (Å²) in [5, 5.41) is 59.1. The Morgan fingerprint density at radius 2 is 1.29 bits per heavy atom. The number of hydrogen-bond acceptors (Lipinski definition) is 9. The van der Waals surface area contributed by atoms with Gasteiger partial charge in [0.25, 0.3) is 11.8 Å². The van der Waals surface area contributed by atoms with E-state index >= 15 is 0 Å². The molecule has 12 nitrogen and oxygen atoms in total. The first-order valence-electron chi connectivity index (χ1n) is 9.85. The summed E-state index contributed by atoms with van der Waals surface area (Å²) < 4.78 is 0.711. The molecule has 0 heterocycles. The minimum absolute atomic E-state index is 0.0137. The molecule has 0 aliphatic carbocycles. The molecule has 0 radical (unpaired) electrons. The van der Waals surface area contributed by atoms with Crippen molar-refractivity contribution < 1.29 is 45.0 Å². The van der Waals surface area contributed by atoms with E-state index in [1.54, 1.807) is 22.6 Å². The largest absolute Gasteiger partial charge is 0.394 e. The van der Waals surface area contributed by atoms with Crippen molar-refractivity contribution in [3.63, 3.8) is 0 Å². The van der Waals surface area contributed by atoms with Crippen LogP contribution in [0.1, 0.15) is 33.6 Å². The molecule has 0 aromatic heterocycles. The third-order valence-electron chi connectivity index (χ3n) is 4.53. The van der Waals surface area contributed by atoms with E-state index in [-0.39, 0.29) is 53.5 Å². The lowest BCUT2D eigenvalue weighted by Gasteiger charge is -2.28. The van der Waals surface area contributed by atoms with Crippen LogP contribution in [0.3, 0.4) is 0 Å². The van der Waals surface area contributed by atoms with Gasteiger partial charge in [-0.2, -0.15) is 0 Å². The summed E-state index contributed by atoms with van der Waals surface area (Å²) >= 11 is 5.39. The Kier molecular flexibility index (Phi) is 13.9. The number of primary amides is 1. The number of nitrogens with two attached hydrogens (primary N) is 1. The lowest BCUT2D eigenvalue weighted by molar-refractivity contribution is -0.116. The molecular weight excluding hydrogens is 795 g/mol. The van der Waals surface area contributed by atoms with Gasteiger partial charge in [-0.05, 0) is 74.2 Å². The summed E-state index contributed by atoms with van der Waals surface area (Å²) in [6.45, 7) is -2.58. The van der Waals surface area contributed by atoms with Crippen LogP contribution in [0.4, 0.5) is 5.69 Å². The summed E-state index contributed by atoms with van der Waals surface area (Å²) in [6, 6.07) is 0. The van der Waals surface area contributed by atoms with Crippen molar-refractivity contribution in [3.8, 4) is 0 Å². The molecule has 0 fully saturated rings. The Morgan fingerprint density at radius 1 is 0.824 bits per heavy atom. The molecular formula is C19H26I3N3O9. The molecule has 3 amide bonds. The van der Waals surface area contributed by atoms with Crippen LogP contribution in [0, 0.1) is 10.7 Å². The highest BCUT2D eigenvalue weighted by molar-refractivity contribution is 14.1. The molecule has 0 saturated heterocycles. The van der Waals surface area contributed by atoms with Crippen molar-refractivity contribution in [2.45, 2.75) is 31.2 Å². The number of rotatable bonds is 13. The van der Waals surface area contributed by atoms with E-state index in [9.17, 15) is 39.9 Å². The normalized spacial score (nSPS) is 13.8. The van der Waals surface area contributed by atoms with Gasteiger partial charge < -0.3 is 46.6 Å². The van der Waals surface area contributed by atoms with Gasteiger partial charge in [-0.3, -0.25) is 14.4 Å². The summed E-state index contributed by atoms with van der Waals surface area (Å²) in [5.41, 5.74) is 5.61. The number of aliphatic hydroxyl groups excluding tert-OH is 6. The maximum absolute atomic E-state index is 13.5. The zero-order valence-electron chi connectivity index (χ0n) is 17.7. The molecule has 3 atom stereocenters. The van der Waals surface area contributed by atoms with Gasteiger partial charge in [0, 0.05) is 23.1 Å². The fourth-order valence-corrected chi connectivity index (χ4v) is 7.22. The van der Waals surface area contributed by atoms with Gasteiger partial charge in [0.2, 0.25) is 5.91 Å². The highest BCUT2D eigenvalue weighted by Crippen LogP contribution is 2.36. The topological polar surface area (TPSA) is 214 Å². The number of nitrogens with one attached hydrogen (secondary N) is 1. The molecule has 3 unspecified atom stereocenters. The number of aliphatic hydroxyl groups is 6. The van der Waals surface area contributed by atoms with Crippen LogP contribution in [-0.2, 0) is 4.79 Å². The molecule has 1 aromatic rings. The Balaban J connectivity index is 3.55. The van der Waals surface area contributed by atoms with Crippen molar-refractivity contribution in [2.24, 2.45) is 5.73 Å². The van der Waals surface area contributed by atoms with Gasteiger partial charge in [0.05, 0.1) is 62.1 Å². The van der Waals surface area contributed by atoms with Crippen molar-refractivity contribution >= 4 is 91.2 Å². The lowest BCUT2D eigenvalue weighted by atomic mass is 10.1. The maximum atomic E-state index is 13.5. The van der Waals surface area contributed by atoms with Crippen molar-refractivity contribution in [1.82, 2.24) is 4.90 Å². The van der Waals surface area contributed by atoms with Crippen LogP contribution in [0.15, 0.2) is 0 Å². The first-order chi connectivity index (χ1) is 15.9. The van der Waals surface area contributed by atoms with Gasteiger partial charge in [0.1, 0.15) is 0 Å². The summed E-state index contributed by atoms with van der Waals surface area (Å²) in [7, 11) is 0. The number of carbonyl (C=O) groups is 3. The Bertz CT molecular complexity index is 892. The van der Waals surface area contributed by atoms with E-state index in [1.807, 2.05) is 45.2 Å². The molecule has 192 valence electrons.